The molecular formula is C14H14ClN3O4. The Morgan fingerprint density at radius 1 is 1.27 bits per heavy atom. The van der Waals surface area contributed by atoms with E-state index in [0.717, 1.165) is 4.57 Å². The first-order chi connectivity index (χ1) is 10.5. The number of aliphatic imine (C=N–C) groups is 1. The molecule has 0 fully saturated rings. The number of H-pyrrole nitrogens is 1. The van der Waals surface area contributed by atoms with Gasteiger partial charge in [0, 0.05) is 24.4 Å². The third-order valence-electron chi connectivity index (χ3n) is 2.87. The highest BCUT2D eigenvalue weighted by molar-refractivity contribution is 6.30. The highest BCUT2D eigenvalue weighted by Gasteiger charge is 2.13. The minimum atomic E-state index is -0.766. The van der Waals surface area contributed by atoms with Crippen LogP contribution in [0.25, 0.3) is 5.69 Å². The van der Waals surface area contributed by atoms with Crippen molar-refractivity contribution in [2.75, 3.05) is 13.2 Å². The number of aliphatic hydroxyl groups excluding tert-OH is 1. The Kier molecular flexibility index (Phi) is 5.13. The summed E-state index contributed by atoms with van der Waals surface area (Å²) in [6, 6.07) is 6.19. The molecule has 0 saturated carbocycles. The Bertz CT molecular complexity index is 793. The summed E-state index contributed by atoms with van der Waals surface area (Å²) in [5.41, 5.74) is -1.28. The lowest BCUT2D eigenvalue weighted by Gasteiger charge is -2.09. The fourth-order valence-electron chi connectivity index (χ4n) is 1.80. The second kappa shape index (κ2) is 7.06. The van der Waals surface area contributed by atoms with Crippen LogP contribution in [0.5, 0.6) is 5.88 Å². The minimum absolute atomic E-state index is 0.0239. The van der Waals surface area contributed by atoms with Crippen molar-refractivity contribution in [1.29, 1.82) is 0 Å². The average molecular weight is 324 g/mol. The molecule has 2 rings (SSSR count). The Hall–Kier alpha value is -2.38. The lowest BCUT2D eigenvalue weighted by molar-refractivity contribution is 0.291. The van der Waals surface area contributed by atoms with Crippen LogP contribution in [-0.2, 0) is 0 Å². The molecule has 2 aromatic rings. The van der Waals surface area contributed by atoms with Crippen LogP contribution in [0.1, 0.15) is 12.0 Å². The van der Waals surface area contributed by atoms with Crippen molar-refractivity contribution in [3.8, 4) is 11.6 Å². The molecule has 0 saturated heterocycles. The number of aromatic amines is 1. The Morgan fingerprint density at radius 3 is 2.59 bits per heavy atom. The molecule has 8 heteroatoms. The molecule has 1 aromatic carbocycles. The number of nitrogens with one attached hydrogen (secondary N) is 1. The number of halogens is 1. The molecule has 0 atom stereocenters. The van der Waals surface area contributed by atoms with Gasteiger partial charge in [0.2, 0.25) is 5.88 Å². The zero-order chi connectivity index (χ0) is 16.1. The van der Waals surface area contributed by atoms with Crippen molar-refractivity contribution in [3.63, 3.8) is 0 Å². The normalized spacial score (nSPS) is 11.2. The molecule has 0 amide bonds. The fraction of sp³-hybridized carbons (Fsp3) is 0.214. The summed E-state index contributed by atoms with van der Waals surface area (Å²) in [6.07, 6.45) is 1.61. The van der Waals surface area contributed by atoms with Crippen LogP contribution in [-0.4, -0.2) is 39.1 Å². The zero-order valence-electron chi connectivity index (χ0n) is 11.5. The van der Waals surface area contributed by atoms with E-state index in [9.17, 15) is 14.7 Å². The van der Waals surface area contributed by atoms with E-state index >= 15 is 0 Å². The standard InChI is InChI=1S/C14H14ClN3O4/c15-9-2-4-10(5-3-9)18-13(21)11(8-16-6-1-7-19)12(20)17-14(18)22/h2-5,8,19,21H,1,6-7H2,(H,17,20,22). The maximum atomic E-state index is 11.9. The molecule has 0 aliphatic carbocycles. The maximum absolute atomic E-state index is 11.9. The van der Waals surface area contributed by atoms with Gasteiger partial charge in [-0.1, -0.05) is 11.6 Å². The van der Waals surface area contributed by atoms with Gasteiger partial charge in [-0.15, -0.1) is 0 Å². The number of aliphatic hydroxyl groups is 1. The van der Waals surface area contributed by atoms with E-state index in [1.54, 1.807) is 12.1 Å². The van der Waals surface area contributed by atoms with Crippen molar-refractivity contribution < 1.29 is 10.2 Å². The monoisotopic (exact) mass is 323 g/mol. The molecule has 22 heavy (non-hydrogen) atoms. The quantitative estimate of drug-likeness (QED) is 0.555. The summed E-state index contributed by atoms with van der Waals surface area (Å²) in [6.45, 7) is 0.277. The lowest BCUT2D eigenvalue weighted by Crippen LogP contribution is -2.31. The Morgan fingerprint density at radius 2 is 1.95 bits per heavy atom. The van der Waals surface area contributed by atoms with E-state index in [2.05, 4.69) is 9.98 Å². The molecule has 1 heterocycles. The molecule has 0 spiro atoms. The van der Waals surface area contributed by atoms with Crippen LogP contribution in [0.2, 0.25) is 5.02 Å². The molecule has 0 aliphatic heterocycles. The van der Waals surface area contributed by atoms with Crippen molar-refractivity contribution in [3.05, 3.63) is 55.7 Å². The Balaban J connectivity index is 2.51. The highest BCUT2D eigenvalue weighted by atomic mass is 35.5. The van der Waals surface area contributed by atoms with Gasteiger partial charge < -0.3 is 10.2 Å². The summed E-state index contributed by atoms with van der Waals surface area (Å²) < 4.78 is 0.950. The molecule has 0 bridgehead atoms. The summed E-state index contributed by atoms with van der Waals surface area (Å²) >= 11 is 5.78. The van der Waals surface area contributed by atoms with E-state index in [4.69, 9.17) is 16.7 Å². The van der Waals surface area contributed by atoms with Gasteiger partial charge in [-0.2, -0.15) is 0 Å². The predicted molar refractivity (Wildman–Crippen MR) is 83.5 cm³/mol. The molecule has 3 N–H and O–H groups in total. The second-order valence-corrected chi connectivity index (χ2v) is 4.86. The van der Waals surface area contributed by atoms with Gasteiger partial charge in [-0.25, -0.2) is 9.36 Å². The first-order valence-electron chi connectivity index (χ1n) is 6.49. The molecule has 1 aromatic heterocycles. The summed E-state index contributed by atoms with van der Waals surface area (Å²) in [4.78, 5) is 29.7. The van der Waals surface area contributed by atoms with Crippen molar-refractivity contribution in [2.24, 2.45) is 4.99 Å². The van der Waals surface area contributed by atoms with Gasteiger partial charge in [0.15, 0.2) is 0 Å². The molecule has 7 nitrogen and oxygen atoms in total. The van der Waals surface area contributed by atoms with E-state index in [-0.39, 0.29) is 12.2 Å². The lowest BCUT2D eigenvalue weighted by atomic mass is 10.3. The van der Waals surface area contributed by atoms with Gasteiger partial charge >= 0.3 is 5.69 Å². The van der Waals surface area contributed by atoms with E-state index in [0.29, 0.717) is 23.7 Å². The first-order valence-corrected chi connectivity index (χ1v) is 6.87. The van der Waals surface area contributed by atoms with Gasteiger partial charge in [-0.05, 0) is 30.7 Å². The molecule has 116 valence electrons. The van der Waals surface area contributed by atoms with E-state index < -0.39 is 17.1 Å². The highest BCUT2D eigenvalue weighted by Crippen LogP contribution is 2.17. The van der Waals surface area contributed by atoms with Gasteiger partial charge in [-0.3, -0.25) is 14.8 Å². The first kappa shape index (κ1) is 16.0. The van der Waals surface area contributed by atoms with E-state index in [1.165, 1.54) is 18.3 Å². The number of hydrogen-bond acceptors (Lipinski definition) is 5. The molecule has 0 unspecified atom stereocenters. The minimum Gasteiger partial charge on any atom is -0.493 e. The van der Waals surface area contributed by atoms with Crippen LogP contribution >= 0.6 is 11.6 Å². The molecule has 0 radical (unpaired) electrons. The Labute approximate surface area is 130 Å². The smallest absolute Gasteiger partial charge is 0.335 e. The number of aromatic hydroxyl groups is 1. The van der Waals surface area contributed by atoms with E-state index in [1.807, 2.05) is 0 Å². The van der Waals surface area contributed by atoms with Crippen LogP contribution in [0.15, 0.2) is 38.8 Å². The number of rotatable bonds is 5. The molecular weight excluding hydrogens is 310 g/mol. The largest absolute Gasteiger partial charge is 0.493 e. The van der Waals surface area contributed by atoms with Crippen LogP contribution in [0, 0.1) is 0 Å². The van der Waals surface area contributed by atoms with Crippen molar-refractivity contribution in [1.82, 2.24) is 9.55 Å². The van der Waals surface area contributed by atoms with Crippen LogP contribution in [0.3, 0.4) is 0 Å². The average Bonchev–Trinajstić information content (AvgIpc) is 2.48. The number of benzene rings is 1. The third kappa shape index (κ3) is 3.44. The number of aromatic nitrogens is 2. The zero-order valence-corrected chi connectivity index (χ0v) is 12.2. The number of hydrogen-bond donors (Lipinski definition) is 3. The van der Waals surface area contributed by atoms with Crippen molar-refractivity contribution in [2.45, 2.75) is 6.42 Å². The molecule has 0 aliphatic rings. The van der Waals surface area contributed by atoms with Crippen molar-refractivity contribution >= 4 is 17.8 Å². The van der Waals surface area contributed by atoms with Gasteiger partial charge in [0.05, 0.1) is 5.69 Å². The third-order valence-corrected chi connectivity index (χ3v) is 3.12. The SMILES string of the molecule is O=c1[nH]c(=O)n(-c2ccc(Cl)cc2)c(O)c1C=NCCCO. The van der Waals surface area contributed by atoms with Crippen LogP contribution in [0.4, 0.5) is 0 Å². The maximum Gasteiger partial charge on any atom is 0.335 e. The predicted octanol–water partition coefficient (Wildman–Crippen LogP) is 0.686. The van der Waals surface area contributed by atoms with Gasteiger partial charge in [0.25, 0.3) is 5.56 Å². The number of nitrogens with zero attached hydrogens (tertiary/aromatic N) is 2. The summed E-state index contributed by atoms with van der Waals surface area (Å²) in [5, 5.41) is 19.4. The fourth-order valence-corrected chi connectivity index (χ4v) is 1.93. The second-order valence-electron chi connectivity index (χ2n) is 4.42. The van der Waals surface area contributed by atoms with Gasteiger partial charge in [0.1, 0.15) is 5.56 Å². The summed E-state index contributed by atoms with van der Waals surface area (Å²) in [7, 11) is 0. The summed E-state index contributed by atoms with van der Waals surface area (Å²) in [5.74, 6) is -0.510. The topological polar surface area (TPSA) is 108 Å². The van der Waals surface area contributed by atoms with Crippen LogP contribution < -0.4 is 11.2 Å².